The van der Waals surface area contributed by atoms with Crippen LogP contribution >= 0.6 is 35.3 Å². The third-order valence-corrected chi connectivity index (χ3v) is 2.81. The summed E-state index contributed by atoms with van der Waals surface area (Å²) >= 11 is 7.28. The molecule has 0 saturated carbocycles. The van der Waals surface area contributed by atoms with E-state index in [1.54, 1.807) is 11.3 Å². The number of halogens is 2. The molecule has 2 nitrogen and oxygen atoms in total. The van der Waals surface area contributed by atoms with Crippen molar-refractivity contribution in [1.29, 1.82) is 0 Å². The van der Waals surface area contributed by atoms with Crippen molar-refractivity contribution in [2.75, 3.05) is 0 Å². The van der Waals surface area contributed by atoms with Gasteiger partial charge in [0.1, 0.15) is 0 Å². The summed E-state index contributed by atoms with van der Waals surface area (Å²) in [6, 6.07) is 0. The Morgan fingerprint density at radius 3 is 3.00 bits per heavy atom. The number of hydrogen-bond acceptors (Lipinski definition) is 2. The Morgan fingerprint density at radius 1 is 1.67 bits per heavy atom. The van der Waals surface area contributed by atoms with Crippen LogP contribution in [0, 0.1) is 6.92 Å². The molecule has 0 unspecified atom stereocenters. The van der Waals surface area contributed by atoms with Crippen molar-refractivity contribution in [3.8, 4) is 0 Å². The highest BCUT2D eigenvalue weighted by molar-refractivity contribution is 7.15. The fourth-order valence-corrected chi connectivity index (χ4v) is 2.00. The summed E-state index contributed by atoms with van der Waals surface area (Å²) < 4.78 is 2.06. The highest BCUT2D eigenvalue weighted by atomic mass is 35.5. The van der Waals surface area contributed by atoms with Gasteiger partial charge in [0.25, 0.3) is 0 Å². The molecule has 5 heteroatoms. The van der Waals surface area contributed by atoms with E-state index < -0.39 is 0 Å². The van der Waals surface area contributed by atoms with Gasteiger partial charge in [-0.3, -0.25) is 4.40 Å². The van der Waals surface area contributed by atoms with Crippen molar-refractivity contribution in [1.82, 2.24) is 9.38 Å². The minimum Gasteiger partial charge on any atom is -0.295 e. The molecule has 2 aromatic rings. The molecule has 2 aromatic heterocycles. The van der Waals surface area contributed by atoms with Gasteiger partial charge in [-0.2, -0.15) is 0 Å². The quantitative estimate of drug-likeness (QED) is 0.679. The van der Waals surface area contributed by atoms with Crippen molar-refractivity contribution >= 4 is 40.3 Å². The maximum absolute atomic E-state index is 5.64. The van der Waals surface area contributed by atoms with Crippen LogP contribution in [0.25, 0.3) is 4.96 Å². The van der Waals surface area contributed by atoms with Crippen LogP contribution in [0.3, 0.4) is 0 Å². The Hall–Kier alpha value is -0.250. The first-order valence-corrected chi connectivity index (χ1v) is 4.70. The molecular formula is C7H8Cl2N2S. The van der Waals surface area contributed by atoms with Crippen LogP contribution in [0.5, 0.6) is 0 Å². The van der Waals surface area contributed by atoms with Crippen LogP contribution in [-0.4, -0.2) is 9.38 Å². The second-order valence-corrected chi connectivity index (χ2v) is 3.50. The summed E-state index contributed by atoms with van der Waals surface area (Å²) in [4.78, 5) is 5.33. The summed E-state index contributed by atoms with van der Waals surface area (Å²) in [7, 11) is 0. The predicted octanol–water partition coefficient (Wildman–Crippen LogP) is 2.86. The van der Waals surface area contributed by atoms with Gasteiger partial charge in [-0.1, -0.05) is 0 Å². The third-order valence-electron chi connectivity index (χ3n) is 1.58. The molecule has 2 rings (SSSR count). The van der Waals surface area contributed by atoms with Gasteiger partial charge < -0.3 is 0 Å². The van der Waals surface area contributed by atoms with Crippen molar-refractivity contribution in [3.05, 3.63) is 23.0 Å². The van der Waals surface area contributed by atoms with Crippen LogP contribution in [0.1, 0.15) is 11.4 Å². The van der Waals surface area contributed by atoms with E-state index in [0.29, 0.717) is 5.88 Å². The summed E-state index contributed by atoms with van der Waals surface area (Å²) in [6.07, 6.45) is 1.98. The lowest BCUT2D eigenvalue weighted by atomic mass is 10.5. The molecule has 66 valence electrons. The molecule has 0 amide bonds. The van der Waals surface area contributed by atoms with E-state index in [1.165, 1.54) is 5.69 Å². The Morgan fingerprint density at radius 2 is 2.42 bits per heavy atom. The summed E-state index contributed by atoms with van der Waals surface area (Å²) in [5.74, 6) is 0.494. The molecule has 0 atom stereocenters. The Kier molecular flexibility index (Phi) is 2.99. The predicted molar refractivity (Wildman–Crippen MR) is 54.6 cm³/mol. The normalized spacial score (nSPS) is 10.2. The molecule has 0 bridgehead atoms. The number of aryl methyl sites for hydroxylation is 1. The number of thiazole rings is 1. The van der Waals surface area contributed by atoms with Gasteiger partial charge in [-0.15, -0.1) is 35.3 Å². The zero-order valence-corrected chi connectivity index (χ0v) is 8.84. The van der Waals surface area contributed by atoms with E-state index in [2.05, 4.69) is 21.7 Å². The van der Waals surface area contributed by atoms with Gasteiger partial charge >= 0.3 is 0 Å². The van der Waals surface area contributed by atoms with Gasteiger partial charge in [0, 0.05) is 17.3 Å². The van der Waals surface area contributed by atoms with Gasteiger partial charge in [0.15, 0.2) is 4.96 Å². The van der Waals surface area contributed by atoms with Crippen LogP contribution in [0.2, 0.25) is 0 Å². The van der Waals surface area contributed by atoms with Crippen LogP contribution in [-0.2, 0) is 5.88 Å². The molecule has 0 aromatic carbocycles. The second kappa shape index (κ2) is 3.64. The topological polar surface area (TPSA) is 17.3 Å². The highest BCUT2D eigenvalue weighted by Gasteiger charge is 2.02. The number of hydrogen-bond donors (Lipinski definition) is 0. The number of alkyl halides is 1. The van der Waals surface area contributed by atoms with Gasteiger partial charge in [-0.25, -0.2) is 4.98 Å². The standard InChI is InChI=1S/C7H7ClN2S.ClH/c1-5-4-11-7-9-6(2-8)3-10(5)7;/h3-4H,2H2,1H3;1H. The van der Waals surface area contributed by atoms with Gasteiger partial charge in [-0.05, 0) is 6.92 Å². The first-order valence-electron chi connectivity index (χ1n) is 3.29. The average Bonchev–Trinajstić information content (AvgIpc) is 2.53. The lowest BCUT2D eigenvalue weighted by Crippen LogP contribution is -1.78. The first-order chi connectivity index (χ1) is 5.31. The molecule has 0 aliphatic heterocycles. The Labute approximate surface area is 85.6 Å². The maximum atomic E-state index is 5.64. The highest BCUT2D eigenvalue weighted by Crippen LogP contribution is 2.16. The monoisotopic (exact) mass is 222 g/mol. The first kappa shape index (κ1) is 9.84. The third kappa shape index (κ3) is 1.44. The van der Waals surface area contributed by atoms with Gasteiger partial charge in [0.05, 0.1) is 11.6 Å². The molecule has 0 aliphatic rings. The summed E-state index contributed by atoms with van der Waals surface area (Å²) in [5, 5.41) is 2.08. The molecule has 0 N–H and O–H groups in total. The van der Waals surface area contributed by atoms with Crippen LogP contribution < -0.4 is 0 Å². The number of imidazole rings is 1. The van der Waals surface area contributed by atoms with E-state index in [9.17, 15) is 0 Å². The summed E-state index contributed by atoms with van der Waals surface area (Å²) in [5.41, 5.74) is 2.16. The second-order valence-electron chi connectivity index (χ2n) is 2.40. The Bertz CT molecular complexity index is 380. The largest absolute Gasteiger partial charge is 0.295 e. The molecule has 12 heavy (non-hydrogen) atoms. The molecule has 0 fully saturated rings. The molecular weight excluding hydrogens is 215 g/mol. The van der Waals surface area contributed by atoms with Crippen LogP contribution in [0.15, 0.2) is 11.6 Å². The number of aromatic nitrogens is 2. The maximum Gasteiger partial charge on any atom is 0.194 e. The van der Waals surface area contributed by atoms with E-state index in [-0.39, 0.29) is 12.4 Å². The molecule has 0 spiro atoms. The van der Waals surface area contributed by atoms with E-state index in [1.807, 2.05) is 6.20 Å². The lowest BCUT2D eigenvalue weighted by Gasteiger charge is -1.84. The minimum absolute atomic E-state index is 0. The van der Waals surface area contributed by atoms with Crippen LogP contribution in [0.4, 0.5) is 0 Å². The fourth-order valence-electron chi connectivity index (χ4n) is 1.00. The smallest absolute Gasteiger partial charge is 0.194 e. The van der Waals surface area contributed by atoms with Gasteiger partial charge in [0.2, 0.25) is 0 Å². The van der Waals surface area contributed by atoms with Crippen molar-refractivity contribution < 1.29 is 0 Å². The van der Waals surface area contributed by atoms with Crippen molar-refractivity contribution in [2.24, 2.45) is 0 Å². The molecule has 0 radical (unpaired) electrons. The van der Waals surface area contributed by atoms with E-state index in [4.69, 9.17) is 11.6 Å². The number of rotatable bonds is 1. The van der Waals surface area contributed by atoms with E-state index >= 15 is 0 Å². The van der Waals surface area contributed by atoms with E-state index in [0.717, 1.165) is 10.7 Å². The molecule has 0 aliphatic carbocycles. The van der Waals surface area contributed by atoms with Crippen molar-refractivity contribution in [3.63, 3.8) is 0 Å². The SMILES string of the molecule is Cc1csc2nc(CCl)cn12.Cl. The average molecular weight is 223 g/mol. The number of fused-ring (bicyclic) bond motifs is 1. The zero-order valence-electron chi connectivity index (χ0n) is 6.45. The molecule has 2 heterocycles. The van der Waals surface area contributed by atoms with Crippen molar-refractivity contribution in [2.45, 2.75) is 12.8 Å². The zero-order chi connectivity index (χ0) is 7.84. The molecule has 0 saturated heterocycles. The summed E-state index contributed by atoms with van der Waals surface area (Å²) in [6.45, 7) is 2.06. The number of nitrogens with zero attached hydrogens (tertiary/aromatic N) is 2. The minimum atomic E-state index is 0. The fraction of sp³-hybridized carbons (Fsp3) is 0.286. The Balaban J connectivity index is 0.000000720. The lowest BCUT2D eigenvalue weighted by molar-refractivity contribution is 1.12.